The normalized spacial score (nSPS) is 23.2. The van der Waals surface area contributed by atoms with E-state index in [4.69, 9.17) is 4.74 Å². The van der Waals surface area contributed by atoms with Crippen LogP contribution in [0.15, 0.2) is 34.1 Å². The van der Waals surface area contributed by atoms with Gasteiger partial charge in [-0.2, -0.15) is 5.10 Å². The predicted molar refractivity (Wildman–Crippen MR) is 74.9 cm³/mol. The van der Waals surface area contributed by atoms with Crippen molar-refractivity contribution in [3.05, 3.63) is 35.5 Å². The van der Waals surface area contributed by atoms with E-state index in [0.717, 1.165) is 5.56 Å². The van der Waals surface area contributed by atoms with Gasteiger partial charge in [0.05, 0.1) is 12.2 Å². The molecule has 6 nitrogen and oxygen atoms in total. The van der Waals surface area contributed by atoms with Crippen molar-refractivity contribution in [3.8, 4) is 0 Å². The Bertz CT molecular complexity index is 679. The topological polar surface area (TPSA) is 73.2 Å². The molecule has 1 N–H and O–H groups in total. The van der Waals surface area contributed by atoms with E-state index in [1.54, 1.807) is 28.4 Å². The molecule has 1 saturated heterocycles. The van der Waals surface area contributed by atoms with E-state index in [0.29, 0.717) is 17.2 Å². The fraction of sp³-hybridized carbons (Fsp3) is 0.417. The first-order chi connectivity index (χ1) is 9.56. The molecule has 0 saturated carbocycles. The molecular formula is C12H15N3O3S2. The van der Waals surface area contributed by atoms with Gasteiger partial charge in [-0.3, -0.25) is 4.68 Å². The van der Waals surface area contributed by atoms with Crippen molar-refractivity contribution in [2.45, 2.75) is 22.8 Å². The number of sulfonamides is 1. The third-order valence-electron chi connectivity index (χ3n) is 3.21. The average Bonchev–Trinajstić information content (AvgIpc) is 3.07. The molecule has 3 rings (SSSR count). The van der Waals surface area contributed by atoms with Gasteiger partial charge in [0.15, 0.2) is 0 Å². The Morgan fingerprint density at radius 2 is 2.40 bits per heavy atom. The maximum atomic E-state index is 12.3. The number of nitrogens with zero attached hydrogens (tertiary/aromatic N) is 2. The Labute approximate surface area is 121 Å². The molecule has 20 heavy (non-hydrogen) atoms. The van der Waals surface area contributed by atoms with Gasteiger partial charge in [-0.1, -0.05) is 6.07 Å². The lowest BCUT2D eigenvalue weighted by molar-refractivity contribution is 0.102. The summed E-state index contributed by atoms with van der Waals surface area (Å²) < 4.78 is 34.9. The van der Waals surface area contributed by atoms with E-state index >= 15 is 0 Å². The molecule has 0 aromatic carbocycles. The summed E-state index contributed by atoms with van der Waals surface area (Å²) in [5.41, 5.74) is 0.892. The van der Waals surface area contributed by atoms with Gasteiger partial charge in [0.2, 0.25) is 10.0 Å². The highest BCUT2D eigenvalue weighted by molar-refractivity contribution is 7.91. The number of nitrogens with one attached hydrogen (secondary N) is 1. The summed E-state index contributed by atoms with van der Waals surface area (Å²) in [5, 5.41) is 5.85. The number of aryl methyl sites for hydroxylation is 1. The van der Waals surface area contributed by atoms with Crippen LogP contribution >= 0.6 is 11.3 Å². The number of aromatic nitrogens is 2. The molecule has 2 atom stereocenters. The van der Waals surface area contributed by atoms with Crippen LogP contribution in [0.5, 0.6) is 0 Å². The largest absolute Gasteiger partial charge is 0.372 e. The molecule has 2 aromatic heterocycles. The van der Waals surface area contributed by atoms with Crippen molar-refractivity contribution in [1.82, 2.24) is 14.5 Å². The standard InChI is InChI=1S/C12H15N3O3S2/c1-15-8-9(7-13-15)12-10(4-5-18-12)14-20(16,17)11-3-2-6-19-11/h2-3,6-8,10,12,14H,4-5H2,1H3/t10-,12+/m0/s1. The third kappa shape index (κ3) is 2.64. The summed E-state index contributed by atoms with van der Waals surface area (Å²) in [6.45, 7) is 0.539. The molecule has 3 heterocycles. The minimum atomic E-state index is -3.47. The predicted octanol–water partition coefficient (Wildman–Crippen LogP) is 1.29. The van der Waals surface area contributed by atoms with Crippen molar-refractivity contribution in [3.63, 3.8) is 0 Å². The van der Waals surface area contributed by atoms with Crippen LogP contribution in [0.4, 0.5) is 0 Å². The minimum absolute atomic E-state index is 0.258. The number of ether oxygens (including phenoxy) is 1. The Morgan fingerprint density at radius 1 is 1.55 bits per heavy atom. The summed E-state index contributed by atoms with van der Waals surface area (Å²) in [4.78, 5) is 0. The van der Waals surface area contributed by atoms with E-state index in [-0.39, 0.29) is 12.1 Å². The molecule has 108 valence electrons. The first-order valence-corrected chi connectivity index (χ1v) is 8.58. The summed E-state index contributed by atoms with van der Waals surface area (Å²) in [5.74, 6) is 0. The Hall–Kier alpha value is -1.22. The van der Waals surface area contributed by atoms with Crippen LogP contribution in [0.2, 0.25) is 0 Å². The SMILES string of the molecule is Cn1cc([C@H]2OCC[C@@H]2NS(=O)(=O)c2cccs2)cn1. The van der Waals surface area contributed by atoms with Gasteiger partial charge >= 0.3 is 0 Å². The summed E-state index contributed by atoms with van der Waals surface area (Å²) >= 11 is 1.21. The number of thiophene rings is 1. The summed E-state index contributed by atoms with van der Waals surface area (Å²) in [6, 6.07) is 3.07. The molecule has 8 heteroatoms. The second-order valence-electron chi connectivity index (χ2n) is 4.69. The van der Waals surface area contributed by atoms with Crippen LogP contribution in [-0.4, -0.2) is 30.8 Å². The van der Waals surface area contributed by atoms with E-state index in [2.05, 4.69) is 9.82 Å². The maximum Gasteiger partial charge on any atom is 0.250 e. The third-order valence-corrected chi connectivity index (χ3v) is 6.10. The summed E-state index contributed by atoms with van der Waals surface area (Å²) in [6.07, 6.45) is 3.94. The van der Waals surface area contributed by atoms with Gasteiger partial charge < -0.3 is 4.74 Å². The Kier molecular flexibility index (Phi) is 3.63. The van der Waals surface area contributed by atoms with Gasteiger partial charge in [-0.15, -0.1) is 11.3 Å². The van der Waals surface area contributed by atoms with Crippen molar-refractivity contribution < 1.29 is 13.2 Å². The molecule has 2 aromatic rings. The quantitative estimate of drug-likeness (QED) is 0.923. The number of hydrogen-bond acceptors (Lipinski definition) is 5. The lowest BCUT2D eigenvalue weighted by Gasteiger charge is -2.18. The fourth-order valence-electron chi connectivity index (χ4n) is 2.30. The van der Waals surface area contributed by atoms with E-state index < -0.39 is 10.0 Å². The molecule has 0 bridgehead atoms. The maximum absolute atomic E-state index is 12.3. The zero-order valence-corrected chi connectivity index (χ0v) is 12.5. The zero-order chi connectivity index (χ0) is 14.2. The van der Waals surface area contributed by atoms with Crippen molar-refractivity contribution >= 4 is 21.4 Å². The van der Waals surface area contributed by atoms with Crippen LogP contribution in [0.1, 0.15) is 18.1 Å². The van der Waals surface area contributed by atoms with Crippen molar-refractivity contribution in [2.75, 3.05) is 6.61 Å². The second-order valence-corrected chi connectivity index (χ2v) is 7.58. The minimum Gasteiger partial charge on any atom is -0.372 e. The Balaban J connectivity index is 1.80. The Morgan fingerprint density at radius 3 is 3.05 bits per heavy atom. The van der Waals surface area contributed by atoms with Crippen LogP contribution in [0.3, 0.4) is 0 Å². The monoisotopic (exact) mass is 313 g/mol. The number of hydrogen-bond donors (Lipinski definition) is 1. The molecule has 0 radical (unpaired) electrons. The molecule has 0 unspecified atom stereocenters. The van der Waals surface area contributed by atoms with E-state index in [1.807, 2.05) is 13.2 Å². The van der Waals surface area contributed by atoms with E-state index in [9.17, 15) is 8.42 Å². The number of rotatable bonds is 4. The van der Waals surface area contributed by atoms with Gasteiger partial charge in [0.25, 0.3) is 0 Å². The highest BCUT2D eigenvalue weighted by atomic mass is 32.2. The lowest BCUT2D eigenvalue weighted by Crippen LogP contribution is -2.36. The van der Waals surface area contributed by atoms with Crippen LogP contribution < -0.4 is 4.72 Å². The zero-order valence-electron chi connectivity index (χ0n) is 10.9. The summed E-state index contributed by atoms with van der Waals surface area (Å²) in [7, 11) is -1.65. The van der Waals surface area contributed by atoms with Crippen LogP contribution in [-0.2, 0) is 21.8 Å². The second kappa shape index (κ2) is 5.28. The molecule has 0 aliphatic carbocycles. The molecule has 0 spiro atoms. The highest BCUT2D eigenvalue weighted by Gasteiger charge is 2.34. The molecular weight excluding hydrogens is 298 g/mol. The smallest absolute Gasteiger partial charge is 0.250 e. The van der Waals surface area contributed by atoms with Gasteiger partial charge in [-0.25, -0.2) is 13.1 Å². The van der Waals surface area contributed by atoms with Gasteiger partial charge in [-0.05, 0) is 17.9 Å². The fourth-order valence-corrected chi connectivity index (χ4v) is 4.58. The highest BCUT2D eigenvalue weighted by Crippen LogP contribution is 2.30. The van der Waals surface area contributed by atoms with Crippen LogP contribution in [0, 0.1) is 0 Å². The first kappa shape index (κ1) is 13.7. The molecule has 1 aliphatic rings. The molecule has 1 fully saturated rings. The lowest BCUT2D eigenvalue weighted by atomic mass is 10.1. The van der Waals surface area contributed by atoms with Crippen molar-refractivity contribution in [1.29, 1.82) is 0 Å². The first-order valence-electron chi connectivity index (χ1n) is 6.22. The van der Waals surface area contributed by atoms with Crippen LogP contribution in [0.25, 0.3) is 0 Å². The van der Waals surface area contributed by atoms with Crippen molar-refractivity contribution in [2.24, 2.45) is 7.05 Å². The van der Waals surface area contributed by atoms with E-state index in [1.165, 1.54) is 11.3 Å². The van der Waals surface area contributed by atoms with Gasteiger partial charge in [0.1, 0.15) is 10.3 Å². The molecule has 0 amide bonds. The van der Waals surface area contributed by atoms with Gasteiger partial charge in [0, 0.05) is 25.4 Å². The molecule has 1 aliphatic heterocycles. The average molecular weight is 313 g/mol.